The molecule has 5 nitrogen and oxygen atoms in total. The van der Waals surface area contributed by atoms with Crippen LogP contribution in [0.15, 0.2) is 36.5 Å². The van der Waals surface area contributed by atoms with Crippen molar-refractivity contribution < 1.29 is 5.11 Å². The van der Waals surface area contributed by atoms with Gasteiger partial charge in [0.1, 0.15) is 0 Å². The molecule has 5 heteroatoms. The van der Waals surface area contributed by atoms with Gasteiger partial charge >= 0.3 is 0 Å². The molecule has 1 heterocycles. The number of aromatic nitrogens is 3. The zero-order chi connectivity index (χ0) is 13.0. The first kappa shape index (κ1) is 12.7. The highest BCUT2D eigenvalue weighted by atomic mass is 16.3. The van der Waals surface area contributed by atoms with Crippen molar-refractivity contribution in [3.8, 4) is 5.69 Å². The lowest BCUT2D eigenvalue weighted by Crippen LogP contribution is -2.34. The smallest absolute Gasteiger partial charge is 0.0969 e. The van der Waals surface area contributed by atoms with Gasteiger partial charge in [0.05, 0.1) is 23.2 Å². The fourth-order valence-corrected chi connectivity index (χ4v) is 1.56. The minimum Gasteiger partial charge on any atom is -0.389 e. The molecule has 96 valence electrons. The third kappa shape index (κ3) is 3.65. The van der Waals surface area contributed by atoms with Crippen LogP contribution in [-0.2, 0) is 6.54 Å². The molecule has 0 fully saturated rings. The van der Waals surface area contributed by atoms with Crippen molar-refractivity contribution in [2.45, 2.75) is 26.0 Å². The highest BCUT2D eigenvalue weighted by molar-refractivity contribution is 5.28. The molecule has 0 amide bonds. The van der Waals surface area contributed by atoms with Crippen LogP contribution in [0.4, 0.5) is 0 Å². The lowest BCUT2D eigenvalue weighted by Gasteiger charge is -2.16. The summed E-state index contributed by atoms with van der Waals surface area (Å²) in [6, 6.07) is 9.76. The summed E-state index contributed by atoms with van der Waals surface area (Å²) < 4.78 is 0. The summed E-state index contributed by atoms with van der Waals surface area (Å²) in [5.41, 5.74) is 1.07. The van der Waals surface area contributed by atoms with Crippen LogP contribution in [0, 0.1) is 0 Å². The molecule has 0 saturated heterocycles. The Hall–Kier alpha value is -1.72. The van der Waals surface area contributed by atoms with E-state index in [1.165, 1.54) is 0 Å². The van der Waals surface area contributed by atoms with Gasteiger partial charge in [0.25, 0.3) is 0 Å². The lowest BCUT2D eigenvalue weighted by molar-refractivity contribution is 0.0794. The van der Waals surface area contributed by atoms with Gasteiger partial charge in [0.15, 0.2) is 0 Å². The molecule has 0 spiro atoms. The van der Waals surface area contributed by atoms with E-state index in [-0.39, 0.29) is 0 Å². The maximum absolute atomic E-state index is 9.58. The third-order valence-corrected chi connectivity index (χ3v) is 2.39. The van der Waals surface area contributed by atoms with Crippen molar-refractivity contribution in [1.82, 2.24) is 20.3 Å². The van der Waals surface area contributed by atoms with Crippen LogP contribution in [0.3, 0.4) is 0 Å². The standard InChI is InChI=1S/C13H18N4O/c1-13(2,18)10-14-8-11-9-15-17(16-11)12-6-4-3-5-7-12/h3-7,9,14,18H,8,10H2,1-2H3. The van der Waals surface area contributed by atoms with Crippen molar-refractivity contribution in [2.24, 2.45) is 0 Å². The van der Waals surface area contributed by atoms with E-state index in [0.29, 0.717) is 13.1 Å². The van der Waals surface area contributed by atoms with E-state index in [2.05, 4.69) is 15.5 Å². The Morgan fingerprint density at radius 2 is 2.00 bits per heavy atom. The lowest BCUT2D eigenvalue weighted by atomic mass is 10.1. The van der Waals surface area contributed by atoms with E-state index in [4.69, 9.17) is 0 Å². The quantitative estimate of drug-likeness (QED) is 0.830. The molecule has 0 aliphatic heterocycles. The van der Waals surface area contributed by atoms with Crippen LogP contribution >= 0.6 is 0 Å². The van der Waals surface area contributed by atoms with Gasteiger partial charge < -0.3 is 10.4 Å². The second-order valence-electron chi connectivity index (χ2n) is 4.88. The van der Waals surface area contributed by atoms with Crippen LogP contribution in [0.5, 0.6) is 0 Å². The first-order valence-electron chi connectivity index (χ1n) is 5.94. The molecule has 0 unspecified atom stereocenters. The molecule has 1 aromatic carbocycles. The average Bonchev–Trinajstić information content (AvgIpc) is 2.77. The molecule has 0 aliphatic carbocycles. The Morgan fingerprint density at radius 1 is 1.28 bits per heavy atom. The number of para-hydroxylation sites is 1. The predicted molar refractivity (Wildman–Crippen MR) is 69.4 cm³/mol. The van der Waals surface area contributed by atoms with E-state index >= 15 is 0 Å². The minimum absolute atomic E-state index is 0.519. The number of aliphatic hydroxyl groups is 1. The Balaban J connectivity index is 1.95. The highest BCUT2D eigenvalue weighted by Gasteiger charge is 2.11. The molecule has 0 bridgehead atoms. The maximum Gasteiger partial charge on any atom is 0.0969 e. The number of hydrogen-bond donors (Lipinski definition) is 2. The summed E-state index contributed by atoms with van der Waals surface area (Å²) in [7, 11) is 0. The second kappa shape index (κ2) is 5.29. The number of hydrogen-bond acceptors (Lipinski definition) is 4. The van der Waals surface area contributed by atoms with E-state index in [0.717, 1.165) is 11.4 Å². The van der Waals surface area contributed by atoms with Crippen LogP contribution in [0.25, 0.3) is 5.69 Å². The summed E-state index contributed by atoms with van der Waals surface area (Å²) in [5.74, 6) is 0. The minimum atomic E-state index is -0.713. The Morgan fingerprint density at radius 3 is 2.67 bits per heavy atom. The molecule has 2 rings (SSSR count). The van der Waals surface area contributed by atoms with E-state index < -0.39 is 5.60 Å². The topological polar surface area (TPSA) is 63.0 Å². The number of nitrogens with one attached hydrogen (secondary N) is 1. The van der Waals surface area contributed by atoms with Crippen molar-refractivity contribution in [1.29, 1.82) is 0 Å². The Labute approximate surface area is 106 Å². The Bertz CT molecular complexity index is 487. The average molecular weight is 246 g/mol. The van der Waals surface area contributed by atoms with Gasteiger partial charge in [-0.3, -0.25) is 0 Å². The van der Waals surface area contributed by atoms with Gasteiger partial charge in [-0.1, -0.05) is 18.2 Å². The SMILES string of the molecule is CC(C)(O)CNCc1cnn(-c2ccccc2)n1. The number of rotatable bonds is 5. The monoisotopic (exact) mass is 246 g/mol. The number of benzene rings is 1. The molecule has 1 aromatic heterocycles. The van der Waals surface area contributed by atoms with Crippen molar-refractivity contribution in [3.05, 3.63) is 42.2 Å². The van der Waals surface area contributed by atoms with Crippen molar-refractivity contribution >= 4 is 0 Å². The fourth-order valence-electron chi connectivity index (χ4n) is 1.56. The summed E-state index contributed by atoms with van der Waals surface area (Å²) in [5, 5.41) is 21.3. The fraction of sp³-hybridized carbons (Fsp3) is 0.385. The third-order valence-electron chi connectivity index (χ3n) is 2.39. The first-order chi connectivity index (χ1) is 8.54. The molecular formula is C13H18N4O. The first-order valence-corrected chi connectivity index (χ1v) is 5.94. The van der Waals surface area contributed by atoms with Gasteiger partial charge in [-0.05, 0) is 26.0 Å². The molecule has 0 radical (unpaired) electrons. The zero-order valence-corrected chi connectivity index (χ0v) is 10.7. The van der Waals surface area contributed by atoms with Gasteiger partial charge in [-0.2, -0.15) is 15.0 Å². The van der Waals surface area contributed by atoms with Crippen LogP contribution in [-0.4, -0.2) is 32.2 Å². The van der Waals surface area contributed by atoms with Crippen molar-refractivity contribution in [3.63, 3.8) is 0 Å². The predicted octanol–water partition coefficient (Wildman–Crippen LogP) is 1.13. The Kier molecular flexibility index (Phi) is 3.74. The van der Waals surface area contributed by atoms with Crippen molar-refractivity contribution in [2.75, 3.05) is 6.54 Å². The van der Waals surface area contributed by atoms with Crippen LogP contribution in [0.1, 0.15) is 19.5 Å². The summed E-state index contributed by atoms with van der Waals surface area (Å²) in [6.45, 7) is 4.64. The normalized spacial score (nSPS) is 11.7. The van der Waals surface area contributed by atoms with Gasteiger partial charge in [-0.15, -0.1) is 0 Å². The highest BCUT2D eigenvalue weighted by Crippen LogP contribution is 2.04. The van der Waals surface area contributed by atoms with E-state index in [9.17, 15) is 5.11 Å². The van der Waals surface area contributed by atoms with Gasteiger partial charge in [0, 0.05) is 13.1 Å². The molecule has 0 aliphatic rings. The molecule has 0 atom stereocenters. The maximum atomic E-state index is 9.58. The largest absolute Gasteiger partial charge is 0.389 e. The second-order valence-corrected chi connectivity index (χ2v) is 4.88. The molecule has 2 N–H and O–H groups in total. The van der Waals surface area contributed by atoms with E-state index in [1.54, 1.807) is 24.8 Å². The molecule has 0 saturated carbocycles. The molecular weight excluding hydrogens is 228 g/mol. The summed E-state index contributed by atoms with van der Waals surface area (Å²) >= 11 is 0. The number of nitrogens with zero attached hydrogens (tertiary/aromatic N) is 3. The molecule has 2 aromatic rings. The van der Waals surface area contributed by atoms with Crippen LogP contribution in [0.2, 0.25) is 0 Å². The zero-order valence-electron chi connectivity index (χ0n) is 10.7. The summed E-state index contributed by atoms with van der Waals surface area (Å²) in [4.78, 5) is 1.60. The summed E-state index contributed by atoms with van der Waals surface area (Å²) in [6.07, 6.45) is 1.73. The van der Waals surface area contributed by atoms with Crippen LogP contribution < -0.4 is 5.32 Å². The molecule has 18 heavy (non-hydrogen) atoms. The van der Waals surface area contributed by atoms with E-state index in [1.807, 2.05) is 30.3 Å². The van der Waals surface area contributed by atoms with Gasteiger partial charge in [-0.25, -0.2) is 0 Å². The van der Waals surface area contributed by atoms with Gasteiger partial charge in [0.2, 0.25) is 0 Å².